The normalized spacial score (nSPS) is 24.8. The smallest absolute Gasteiger partial charge is 0.311 e. The molecule has 0 aromatic heterocycles. The van der Waals surface area contributed by atoms with Gasteiger partial charge in [0, 0.05) is 19.5 Å². The first-order valence-corrected chi connectivity index (χ1v) is 7.08. The van der Waals surface area contributed by atoms with E-state index in [9.17, 15) is 14.7 Å². The van der Waals surface area contributed by atoms with Gasteiger partial charge in [0.15, 0.2) is 0 Å². The third-order valence-corrected chi connectivity index (χ3v) is 4.56. The summed E-state index contributed by atoms with van der Waals surface area (Å²) in [7, 11) is 0. The summed E-state index contributed by atoms with van der Waals surface area (Å²) < 4.78 is 0. The molecule has 0 saturated carbocycles. The summed E-state index contributed by atoms with van der Waals surface area (Å²) in [6, 6.07) is 0. The Morgan fingerprint density at radius 3 is 2.42 bits per heavy atom. The predicted octanol–water partition coefficient (Wildman–Crippen LogP) is 1.32. The topological polar surface area (TPSA) is 83.6 Å². The van der Waals surface area contributed by atoms with Crippen molar-refractivity contribution in [1.29, 1.82) is 0 Å². The number of likely N-dealkylation sites (tertiary alicyclic amines) is 1. The fourth-order valence-electron chi connectivity index (χ4n) is 2.71. The first kappa shape index (κ1) is 16.0. The van der Waals surface area contributed by atoms with Crippen LogP contribution in [0.2, 0.25) is 0 Å². The Hall–Kier alpha value is -1.10. The zero-order valence-corrected chi connectivity index (χ0v) is 12.2. The Balaban J connectivity index is 2.69. The quantitative estimate of drug-likeness (QED) is 0.762. The van der Waals surface area contributed by atoms with Crippen molar-refractivity contribution in [1.82, 2.24) is 4.90 Å². The number of nitrogens with two attached hydrogens (primary N) is 1. The SMILES string of the molecule is CCC(CN)CC(=O)N1CCC(C(=O)O)(C(C)C)C1. The Morgan fingerprint density at radius 2 is 2.05 bits per heavy atom. The minimum Gasteiger partial charge on any atom is -0.481 e. The minimum atomic E-state index is -0.788. The number of carbonyl (C=O) groups is 2. The second-order valence-corrected chi connectivity index (χ2v) is 5.90. The van der Waals surface area contributed by atoms with Gasteiger partial charge in [0.2, 0.25) is 5.91 Å². The number of rotatable bonds is 6. The van der Waals surface area contributed by atoms with E-state index >= 15 is 0 Å². The van der Waals surface area contributed by atoms with Crippen molar-refractivity contribution in [2.75, 3.05) is 19.6 Å². The van der Waals surface area contributed by atoms with Gasteiger partial charge in [-0.25, -0.2) is 0 Å². The largest absolute Gasteiger partial charge is 0.481 e. The van der Waals surface area contributed by atoms with Crippen molar-refractivity contribution < 1.29 is 14.7 Å². The van der Waals surface area contributed by atoms with Crippen LogP contribution in [0.1, 0.15) is 40.0 Å². The summed E-state index contributed by atoms with van der Waals surface area (Å²) in [5.41, 5.74) is 4.84. The lowest BCUT2D eigenvalue weighted by Gasteiger charge is -2.29. The van der Waals surface area contributed by atoms with Crippen molar-refractivity contribution in [3.8, 4) is 0 Å². The summed E-state index contributed by atoms with van der Waals surface area (Å²) in [5.74, 6) is -0.518. The molecule has 1 fully saturated rings. The maximum absolute atomic E-state index is 12.2. The molecule has 0 bridgehead atoms. The van der Waals surface area contributed by atoms with Gasteiger partial charge in [0.25, 0.3) is 0 Å². The maximum Gasteiger partial charge on any atom is 0.311 e. The summed E-state index contributed by atoms with van der Waals surface area (Å²) in [5, 5.41) is 9.45. The van der Waals surface area contributed by atoms with E-state index in [1.165, 1.54) is 0 Å². The molecule has 0 radical (unpaired) electrons. The molecule has 1 aliphatic rings. The third kappa shape index (κ3) is 3.26. The zero-order valence-electron chi connectivity index (χ0n) is 12.2. The molecule has 3 N–H and O–H groups in total. The van der Waals surface area contributed by atoms with Crippen LogP contribution in [-0.4, -0.2) is 41.5 Å². The Kier molecular flexibility index (Phi) is 5.35. The molecule has 5 nitrogen and oxygen atoms in total. The highest BCUT2D eigenvalue weighted by Gasteiger charge is 2.48. The molecule has 1 amide bonds. The second-order valence-electron chi connectivity index (χ2n) is 5.90. The molecule has 110 valence electrons. The lowest BCUT2D eigenvalue weighted by molar-refractivity contribution is -0.151. The molecule has 2 unspecified atom stereocenters. The molecule has 0 spiro atoms. The van der Waals surface area contributed by atoms with Gasteiger partial charge in [-0.1, -0.05) is 27.2 Å². The van der Waals surface area contributed by atoms with E-state index in [0.717, 1.165) is 6.42 Å². The molecular formula is C14H26N2O3. The lowest BCUT2D eigenvalue weighted by atomic mass is 9.76. The number of aliphatic carboxylic acids is 1. The van der Waals surface area contributed by atoms with Crippen LogP contribution in [0, 0.1) is 17.3 Å². The molecule has 1 aliphatic heterocycles. The molecule has 1 heterocycles. The van der Waals surface area contributed by atoms with Gasteiger partial charge in [-0.05, 0) is 24.8 Å². The van der Waals surface area contributed by atoms with Gasteiger partial charge in [-0.2, -0.15) is 0 Å². The van der Waals surface area contributed by atoms with Gasteiger partial charge in [-0.3, -0.25) is 9.59 Å². The summed E-state index contributed by atoms with van der Waals surface area (Å²) in [6.07, 6.45) is 1.86. The average Bonchev–Trinajstić information content (AvgIpc) is 2.82. The van der Waals surface area contributed by atoms with Crippen LogP contribution in [0.25, 0.3) is 0 Å². The van der Waals surface area contributed by atoms with Crippen molar-refractivity contribution in [2.24, 2.45) is 23.0 Å². The molecule has 5 heteroatoms. The Morgan fingerprint density at radius 1 is 1.42 bits per heavy atom. The minimum absolute atomic E-state index is 0.0271. The number of hydrogen-bond acceptors (Lipinski definition) is 3. The van der Waals surface area contributed by atoms with E-state index < -0.39 is 11.4 Å². The average molecular weight is 270 g/mol. The van der Waals surface area contributed by atoms with E-state index in [4.69, 9.17) is 5.73 Å². The second kappa shape index (κ2) is 6.37. The van der Waals surface area contributed by atoms with Gasteiger partial charge in [0.1, 0.15) is 0 Å². The number of carbonyl (C=O) groups excluding carboxylic acids is 1. The fourth-order valence-corrected chi connectivity index (χ4v) is 2.71. The van der Waals surface area contributed by atoms with E-state index in [-0.39, 0.29) is 17.7 Å². The van der Waals surface area contributed by atoms with Crippen LogP contribution in [0.15, 0.2) is 0 Å². The Labute approximate surface area is 115 Å². The number of amides is 1. The highest BCUT2D eigenvalue weighted by atomic mass is 16.4. The number of hydrogen-bond donors (Lipinski definition) is 2. The number of carboxylic acid groups (broad SMARTS) is 1. The van der Waals surface area contributed by atoms with Crippen LogP contribution in [0.5, 0.6) is 0 Å². The standard InChI is InChI=1S/C14H26N2O3/c1-4-11(8-15)7-12(17)16-6-5-14(9-16,10(2)3)13(18)19/h10-11H,4-9,15H2,1-3H3,(H,18,19). The third-order valence-electron chi connectivity index (χ3n) is 4.56. The van der Waals surface area contributed by atoms with Crippen molar-refractivity contribution in [2.45, 2.75) is 40.0 Å². The molecule has 1 rings (SSSR count). The molecule has 0 aromatic rings. The number of nitrogens with zero attached hydrogens (tertiary/aromatic N) is 1. The van der Waals surface area contributed by atoms with E-state index in [1.54, 1.807) is 4.90 Å². The first-order valence-electron chi connectivity index (χ1n) is 7.08. The van der Waals surface area contributed by atoms with Gasteiger partial charge in [0.05, 0.1) is 5.41 Å². The Bertz CT molecular complexity index is 340. The zero-order chi connectivity index (χ0) is 14.6. The van der Waals surface area contributed by atoms with Gasteiger partial charge < -0.3 is 15.7 Å². The molecule has 0 aliphatic carbocycles. The van der Waals surface area contributed by atoms with Crippen LogP contribution < -0.4 is 5.73 Å². The van der Waals surface area contributed by atoms with Crippen molar-refractivity contribution >= 4 is 11.9 Å². The monoisotopic (exact) mass is 270 g/mol. The summed E-state index contributed by atoms with van der Waals surface area (Å²) in [4.78, 5) is 25.4. The van der Waals surface area contributed by atoms with E-state index in [0.29, 0.717) is 32.5 Å². The van der Waals surface area contributed by atoms with Crippen molar-refractivity contribution in [3.63, 3.8) is 0 Å². The molecule has 1 saturated heterocycles. The molecular weight excluding hydrogens is 244 g/mol. The first-order chi connectivity index (χ1) is 8.87. The predicted molar refractivity (Wildman–Crippen MR) is 73.6 cm³/mol. The molecule has 19 heavy (non-hydrogen) atoms. The van der Waals surface area contributed by atoms with Crippen LogP contribution in [-0.2, 0) is 9.59 Å². The lowest BCUT2D eigenvalue weighted by Crippen LogP contribution is -2.41. The summed E-state index contributed by atoms with van der Waals surface area (Å²) >= 11 is 0. The molecule has 0 aromatic carbocycles. The van der Waals surface area contributed by atoms with Crippen molar-refractivity contribution in [3.05, 3.63) is 0 Å². The fraction of sp³-hybridized carbons (Fsp3) is 0.857. The highest BCUT2D eigenvalue weighted by molar-refractivity contribution is 5.81. The number of carboxylic acids is 1. The van der Waals surface area contributed by atoms with Crippen LogP contribution >= 0.6 is 0 Å². The van der Waals surface area contributed by atoms with Gasteiger partial charge >= 0.3 is 5.97 Å². The highest BCUT2D eigenvalue weighted by Crippen LogP contribution is 2.38. The molecule has 2 atom stereocenters. The van der Waals surface area contributed by atoms with E-state index in [2.05, 4.69) is 0 Å². The van der Waals surface area contributed by atoms with Crippen LogP contribution in [0.3, 0.4) is 0 Å². The van der Waals surface area contributed by atoms with Crippen LogP contribution in [0.4, 0.5) is 0 Å². The van der Waals surface area contributed by atoms with Gasteiger partial charge in [-0.15, -0.1) is 0 Å². The summed E-state index contributed by atoms with van der Waals surface area (Å²) in [6.45, 7) is 7.23. The van der Waals surface area contributed by atoms with E-state index in [1.807, 2.05) is 20.8 Å². The maximum atomic E-state index is 12.2.